The highest BCUT2D eigenvalue weighted by molar-refractivity contribution is 5.71. The fourth-order valence-corrected chi connectivity index (χ4v) is 5.41. The minimum absolute atomic E-state index is 0.457. The van der Waals surface area contributed by atoms with E-state index in [0.29, 0.717) is 17.8 Å². The van der Waals surface area contributed by atoms with Crippen molar-refractivity contribution in [1.82, 2.24) is 0 Å². The van der Waals surface area contributed by atoms with Crippen LogP contribution in [0.2, 0.25) is 0 Å². The lowest BCUT2D eigenvalue weighted by molar-refractivity contribution is -0.105. The largest absolute Gasteiger partial charge is 0.388 e. The van der Waals surface area contributed by atoms with Gasteiger partial charge < -0.3 is 10.6 Å². The number of rotatable bonds is 7. The molecule has 0 heterocycles. The summed E-state index contributed by atoms with van der Waals surface area (Å²) in [6.07, 6.45) is 5.78. The molecule has 1 amide bonds. The molecule has 3 unspecified atom stereocenters. The predicted octanol–water partition coefficient (Wildman–Crippen LogP) is 6.62. The molecule has 0 radical (unpaired) electrons. The van der Waals surface area contributed by atoms with Crippen molar-refractivity contribution in [1.29, 1.82) is 0 Å². The molecule has 0 bridgehead atoms. The van der Waals surface area contributed by atoms with Crippen molar-refractivity contribution in [2.45, 2.75) is 49.4 Å². The van der Waals surface area contributed by atoms with Crippen molar-refractivity contribution < 1.29 is 4.79 Å². The number of hydrogen-bond donors (Lipinski definition) is 2. The molecule has 3 atom stereocenters. The van der Waals surface area contributed by atoms with Crippen LogP contribution >= 0.6 is 0 Å². The number of anilines is 2. The second-order valence-electron chi connectivity index (χ2n) is 9.01. The molecule has 0 aromatic heterocycles. The summed E-state index contributed by atoms with van der Waals surface area (Å²) in [6.45, 7) is 0. The van der Waals surface area contributed by atoms with Gasteiger partial charge in [-0.2, -0.15) is 0 Å². The zero-order chi connectivity index (χ0) is 21.2. The van der Waals surface area contributed by atoms with Gasteiger partial charge in [-0.05, 0) is 95.9 Å². The van der Waals surface area contributed by atoms with E-state index >= 15 is 0 Å². The number of nitrogens with one attached hydrogen (secondary N) is 2. The van der Waals surface area contributed by atoms with E-state index in [9.17, 15) is 4.79 Å². The van der Waals surface area contributed by atoms with Crippen LogP contribution in [-0.2, 0) is 4.79 Å². The Labute approximate surface area is 184 Å². The Morgan fingerprint density at radius 2 is 1.13 bits per heavy atom. The number of benzene rings is 3. The van der Waals surface area contributed by atoms with E-state index in [1.807, 2.05) is 19.2 Å². The second-order valence-corrected chi connectivity index (χ2v) is 9.01. The first kappa shape index (κ1) is 19.9. The molecule has 5 rings (SSSR count). The normalized spacial score (nSPS) is 22.8. The molecule has 2 saturated carbocycles. The Bertz CT molecular complexity index is 1020. The molecule has 2 aliphatic rings. The van der Waals surface area contributed by atoms with Gasteiger partial charge in [-0.25, -0.2) is 0 Å². The van der Waals surface area contributed by atoms with Gasteiger partial charge in [0.15, 0.2) is 0 Å². The molecule has 3 aromatic carbocycles. The maximum absolute atomic E-state index is 10.8. The van der Waals surface area contributed by atoms with Crippen LogP contribution in [0.1, 0.15) is 71.6 Å². The van der Waals surface area contributed by atoms with E-state index in [2.05, 4.69) is 71.3 Å². The summed E-state index contributed by atoms with van der Waals surface area (Å²) >= 11 is 0. The van der Waals surface area contributed by atoms with Gasteiger partial charge in [0, 0.05) is 18.4 Å². The molecule has 3 aromatic rings. The van der Waals surface area contributed by atoms with Crippen LogP contribution < -0.4 is 10.6 Å². The third kappa shape index (κ3) is 4.10. The average Bonchev–Trinajstić information content (AvgIpc) is 3.58. The highest BCUT2D eigenvalue weighted by Crippen LogP contribution is 2.54. The zero-order valence-corrected chi connectivity index (χ0v) is 18.1. The summed E-state index contributed by atoms with van der Waals surface area (Å²) in [7, 11) is 1.97. The number of hydrogen-bond acceptors (Lipinski definition) is 2. The SMILES string of the molecule is CNc1ccc(C2CCC(c3ccc(NC=O)cc3)C2c2ccc(C3CC3)cc2)cc1. The predicted molar refractivity (Wildman–Crippen MR) is 128 cm³/mol. The van der Waals surface area contributed by atoms with Crippen molar-refractivity contribution >= 4 is 17.8 Å². The molecule has 31 heavy (non-hydrogen) atoms. The molecule has 158 valence electrons. The highest BCUT2D eigenvalue weighted by atomic mass is 16.1. The Kier molecular flexibility index (Phi) is 5.50. The van der Waals surface area contributed by atoms with E-state index in [0.717, 1.165) is 23.7 Å². The van der Waals surface area contributed by atoms with Crippen LogP contribution in [0.5, 0.6) is 0 Å². The van der Waals surface area contributed by atoms with Crippen LogP contribution in [0.15, 0.2) is 72.8 Å². The zero-order valence-electron chi connectivity index (χ0n) is 18.1. The minimum Gasteiger partial charge on any atom is -0.388 e. The summed E-state index contributed by atoms with van der Waals surface area (Å²) in [5.74, 6) is 2.23. The maximum atomic E-state index is 10.8. The third-order valence-electron chi connectivity index (χ3n) is 7.22. The van der Waals surface area contributed by atoms with Crippen LogP contribution in [0.4, 0.5) is 11.4 Å². The van der Waals surface area contributed by atoms with Gasteiger partial charge >= 0.3 is 0 Å². The summed E-state index contributed by atoms with van der Waals surface area (Å²) in [5.41, 5.74) is 7.74. The molecule has 2 fully saturated rings. The van der Waals surface area contributed by atoms with E-state index in [4.69, 9.17) is 0 Å². The van der Waals surface area contributed by atoms with Gasteiger partial charge in [0.1, 0.15) is 0 Å². The first-order chi connectivity index (χ1) is 15.3. The van der Waals surface area contributed by atoms with Crippen LogP contribution in [-0.4, -0.2) is 13.5 Å². The van der Waals surface area contributed by atoms with Gasteiger partial charge in [0.05, 0.1) is 0 Å². The van der Waals surface area contributed by atoms with Crippen molar-refractivity contribution in [3.8, 4) is 0 Å². The van der Waals surface area contributed by atoms with Crippen molar-refractivity contribution in [2.24, 2.45) is 0 Å². The van der Waals surface area contributed by atoms with Gasteiger partial charge in [-0.1, -0.05) is 48.5 Å². The lowest BCUT2D eigenvalue weighted by Crippen LogP contribution is -2.11. The van der Waals surface area contributed by atoms with Gasteiger partial charge in [-0.15, -0.1) is 0 Å². The Morgan fingerprint density at radius 1 is 0.645 bits per heavy atom. The summed E-state index contributed by atoms with van der Waals surface area (Å²) in [6, 6.07) is 26.9. The summed E-state index contributed by atoms with van der Waals surface area (Å²) in [5, 5.41) is 5.98. The van der Waals surface area contributed by atoms with Crippen LogP contribution in [0.3, 0.4) is 0 Å². The topological polar surface area (TPSA) is 41.1 Å². The molecule has 3 nitrogen and oxygen atoms in total. The minimum atomic E-state index is 0.457. The maximum Gasteiger partial charge on any atom is 0.211 e. The molecule has 2 aliphatic carbocycles. The van der Waals surface area contributed by atoms with Gasteiger partial charge in [0.2, 0.25) is 6.41 Å². The first-order valence-electron chi connectivity index (χ1n) is 11.4. The van der Waals surface area contributed by atoms with Crippen molar-refractivity contribution in [2.75, 3.05) is 17.7 Å². The average molecular weight is 411 g/mol. The van der Waals surface area contributed by atoms with E-state index < -0.39 is 0 Å². The third-order valence-corrected chi connectivity index (χ3v) is 7.22. The lowest BCUT2D eigenvalue weighted by atomic mass is 9.77. The smallest absolute Gasteiger partial charge is 0.211 e. The van der Waals surface area contributed by atoms with Crippen LogP contribution in [0, 0.1) is 0 Å². The van der Waals surface area contributed by atoms with E-state index in [-0.39, 0.29) is 0 Å². The van der Waals surface area contributed by atoms with Gasteiger partial charge in [0.25, 0.3) is 0 Å². The second kappa shape index (κ2) is 8.58. The number of amides is 1. The highest BCUT2D eigenvalue weighted by Gasteiger charge is 2.39. The fraction of sp³-hybridized carbons (Fsp3) is 0.321. The van der Waals surface area contributed by atoms with Gasteiger partial charge in [-0.3, -0.25) is 4.79 Å². The van der Waals surface area contributed by atoms with E-state index in [1.54, 1.807) is 0 Å². The molecular formula is C28H30N2O. The molecule has 0 spiro atoms. The number of carbonyl (C=O) groups is 1. The molecule has 3 heteroatoms. The molecular weight excluding hydrogens is 380 g/mol. The van der Waals surface area contributed by atoms with E-state index in [1.165, 1.54) is 47.9 Å². The van der Waals surface area contributed by atoms with Crippen molar-refractivity contribution in [3.63, 3.8) is 0 Å². The summed E-state index contributed by atoms with van der Waals surface area (Å²) in [4.78, 5) is 10.8. The molecule has 0 saturated heterocycles. The standard InChI is InChI=1S/C28H30N2O/c1-29-24-12-8-21(9-13-24)26-16-17-27(22-10-14-25(15-11-22)30-18-31)28(26)23-6-4-20(5-7-23)19-2-3-19/h4-15,18-19,26-29H,2-3,16-17H2,1H3,(H,30,31). The quantitative estimate of drug-likeness (QED) is 0.430. The Morgan fingerprint density at radius 3 is 1.61 bits per heavy atom. The number of carbonyl (C=O) groups excluding carboxylic acids is 1. The Hall–Kier alpha value is -3.07. The molecule has 2 N–H and O–H groups in total. The molecule has 0 aliphatic heterocycles. The van der Waals surface area contributed by atoms with Crippen molar-refractivity contribution in [3.05, 3.63) is 95.1 Å². The fourth-order valence-electron chi connectivity index (χ4n) is 5.41. The Balaban J connectivity index is 1.49. The van der Waals surface area contributed by atoms with Crippen LogP contribution in [0.25, 0.3) is 0 Å². The first-order valence-corrected chi connectivity index (χ1v) is 11.4. The summed E-state index contributed by atoms with van der Waals surface area (Å²) < 4.78 is 0. The lowest BCUT2D eigenvalue weighted by Gasteiger charge is -2.27. The monoisotopic (exact) mass is 410 g/mol.